The van der Waals surface area contributed by atoms with Gasteiger partial charge in [0.2, 0.25) is 0 Å². The van der Waals surface area contributed by atoms with Gasteiger partial charge in [-0.05, 0) is 24.6 Å². The number of nitriles is 1. The van der Waals surface area contributed by atoms with Gasteiger partial charge in [0.05, 0.1) is 23.1 Å². The Morgan fingerprint density at radius 2 is 2.19 bits per heavy atom. The van der Waals surface area contributed by atoms with Crippen LogP contribution in [-0.4, -0.2) is 14.2 Å². The molecule has 0 aliphatic rings. The SMILES string of the molecule is C=C(C)CS(=O)(=O)Cc1cccc(C#N)c1. The normalized spacial score (nSPS) is 10.8. The molecule has 84 valence electrons. The largest absolute Gasteiger partial charge is 0.228 e. The number of hydrogen-bond acceptors (Lipinski definition) is 3. The molecule has 0 heterocycles. The zero-order chi connectivity index (χ0) is 12.2. The van der Waals surface area contributed by atoms with Crippen LogP contribution in [0.3, 0.4) is 0 Å². The molecule has 0 saturated heterocycles. The Balaban J connectivity index is 2.89. The van der Waals surface area contributed by atoms with Gasteiger partial charge in [0.25, 0.3) is 0 Å². The van der Waals surface area contributed by atoms with Crippen LogP contribution in [0.4, 0.5) is 0 Å². The number of sulfone groups is 1. The first kappa shape index (κ1) is 12.5. The van der Waals surface area contributed by atoms with Crippen LogP contribution in [0, 0.1) is 11.3 Å². The van der Waals surface area contributed by atoms with Gasteiger partial charge >= 0.3 is 0 Å². The summed E-state index contributed by atoms with van der Waals surface area (Å²) in [5, 5.41) is 8.69. The molecule has 0 atom stereocenters. The second-order valence-electron chi connectivity index (χ2n) is 3.80. The van der Waals surface area contributed by atoms with Gasteiger partial charge in [0, 0.05) is 0 Å². The first-order valence-electron chi connectivity index (χ1n) is 4.77. The van der Waals surface area contributed by atoms with Gasteiger partial charge in [-0.25, -0.2) is 8.42 Å². The maximum Gasteiger partial charge on any atom is 0.158 e. The molecule has 0 saturated carbocycles. The van der Waals surface area contributed by atoms with Crippen LogP contribution in [0.25, 0.3) is 0 Å². The molecule has 0 aromatic heterocycles. The summed E-state index contributed by atoms with van der Waals surface area (Å²) in [5.41, 5.74) is 1.74. The van der Waals surface area contributed by atoms with E-state index in [4.69, 9.17) is 5.26 Å². The number of nitrogens with zero attached hydrogens (tertiary/aromatic N) is 1. The van der Waals surface area contributed by atoms with Crippen LogP contribution in [0.1, 0.15) is 18.1 Å². The Bertz CT molecular complexity index is 538. The molecule has 0 aliphatic heterocycles. The van der Waals surface area contributed by atoms with E-state index in [9.17, 15) is 8.42 Å². The zero-order valence-corrected chi connectivity index (χ0v) is 9.92. The third-order valence-corrected chi connectivity index (χ3v) is 3.61. The second-order valence-corrected chi connectivity index (χ2v) is 5.87. The van der Waals surface area contributed by atoms with Gasteiger partial charge < -0.3 is 0 Å². The smallest absolute Gasteiger partial charge is 0.158 e. The summed E-state index contributed by atoms with van der Waals surface area (Å²) in [6.45, 7) is 5.27. The predicted molar refractivity (Wildman–Crippen MR) is 63.5 cm³/mol. The molecular weight excluding hydrogens is 222 g/mol. The van der Waals surface area contributed by atoms with E-state index < -0.39 is 9.84 Å². The molecule has 0 spiro atoms. The highest BCUT2D eigenvalue weighted by Crippen LogP contribution is 2.10. The van der Waals surface area contributed by atoms with Crippen molar-refractivity contribution in [2.45, 2.75) is 12.7 Å². The van der Waals surface area contributed by atoms with Crippen LogP contribution in [0.5, 0.6) is 0 Å². The van der Waals surface area contributed by atoms with Crippen molar-refractivity contribution in [1.82, 2.24) is 0 Å². The number of hydrogen-bond donors (Lipinski definition) is 0. The van der Waals surface area contributed by atoms with Gasteiger partial charge in [-0.3, -0.25) is 0 Å². The number of rotatable bonds is 4. The van der Waals surface area contributed by atoms with Crippen LogP contribution in [0.2, 0.25) is 0 Å². The van der Waals surface area contributed by atoms with Gasteiger partial charge in [0.15, 0.2) is 9.84 Å². The average Bonchev–Trinajstić information content (AvgIpc) is 2.15. The zero-order valence-electron chi connectivity index (χ0n) is 9.10. The topological polar surface area (TPSA) is 57.9 Å². The summed E-state index contributed by atoms with van der Waals surface area (Å²) in [6, 6.07) is 8.61. The van der Waals surface area contributed by atoms with Crippen LogP contribution >= 0.6 is 0 Å². The minimum Gasteiger partial charge on any atom is -0.228 e. The van der Waals surface area contributed by atoms with Crippen molar-refractivity contribution in [2.24, 2.45) is 0 Å². The third-order valence-electron chi connectivity index (χ3n) is 1.91. The Morgan fingerprint density at radius 1 is 1.50 bits per heavy atom. The highest BCUT2D eigenvalue weighted by Gasteiger charge is 2.12. The van der Waals surface area contributed by atoms with Crippen molar-refractivity contribution >= 4 is 9.84 Å². The van der Waals surface area contributed by atoms with E-state index in [1.807, 2.05) is 6.07 Å². The average molecular weight is 235 g/mol. The fourth-order valence-corrected chi connectivity index (χ4v) is 2.95. The van der Waals surface area contributed by atoms with Gasteiger partial charge in [-0.1, -0.05) is 24.3 Å². The molecule has 0 unspecified atom stereocenters. The minimum atomic E-state index is -3.17. The highest BCUT2D eigenvalue weighted by molar-refractivity contribution is 7.90. The first-order chi connectivity index (χ1) is 7.43. The van der Waals surface area contributed by atoms with E-state index >= 15 is 0 Å². The van der Waals surface area contributed by atoms with Crippen molar-refractivity contribution in [1.29, 1.82) is 5.26 Å². The number of benzene rings is 1. The van der Waals surface area contributed by atoms with Crippen molar-refractivity contribution in [3.63, 3.8) is 0 Å². The van der Waals surface area contributed by atoms with Gasteiger partial charge in [-0.2, -0.15) is 5.26 Å². The second kappa shape index (κ2) is 4.95. The Kier molecular flexibility index (Phi) is 3.86. The Labute approximate surface area is 95.9 Å². The summed E-state index contributed by atoms with van der Waals surface area (Å²) < 4.78 is 23.3. The van der Waals surface area contributed by atoms with E-state index in [1.54, 1.807) is 31.2 Å². The lowest BCUT2D eigenvalue weighted by Gasteiger charge is -2.04. The maximum atomic E-state index is 11.7. The predicted octanol–water partition coefficient (Wildman–Crippen LogP) is 2.05. The standard InChI is InChI=1S/C12H13NO2S/c1-10(2)8-16(14,15)9-12-5-3-4-11(6-12)7-13/h3-6H,1,8-9H2,2H3. The molecule has 0 amide bonds. The fourth-order valence-electron chi connectivity index (χ4n) is 1.41. The summed E-state index contributed by atoms with van der Waals surface area (Å²) >= 11 is 0. The summed E-state index contributed by atoms with van der Waals surface area (Å²) in [5.74, 6) is -0.0564. The summed E-state index contributed by atoms with van der Waals surface area (Å²) in [7, 11) is -3.17. The van der Waals surface area contributed by atoms with E-state index in [0.717, 1.165) is 0 Å². The molecule has 16 heavy (non-hydrogen) atoms. The lowest BCUT2D eigenvalue weighted by atomic mass is 10.2. The van der Waals surface area contributed by atoms with Crippen molar-refractivity contribution < 1.29 is 8.42 Å². The first-order valence-corrected chi connectivity index (χ1v) is 6.59. The Morgan fingerprint density at radius 3 is 2.75 bits per heavy atom. The summed E-state index contributed by atoms with van der Waals surface area (Å²) in [6.07, 6.45) is 0. The molecule has 0 radical (unpaired) electrons. The molecule has 3 nitrogen and oxygen atoms in total. The summed E-state index contributed by atoms with van der Waals surface area (Å²) in [4.78, 5) is 0. The van der Waals surface area contributed by atoms with Gasteiger partial charge in [0.1, 0.15) is 0 Å². The van der Waals surface area contributed by atoms with Crippen molar-refractivity contribution in [2.75, 3.05) is 5.75 Å². The Hall–Kier alpha value is -1.60. The lowest BCUT2D eigenvalue weighted by molar-refractivity contribution is 0.597. The maximum absolute atomic E-state index is 11.7. The van der Waals surface area contributed by atoms with Crippen LogP contribution in [0.15, 0.2) is 36.4 Å². The molecule has 4 heteroatoms. The fraction of sp³-hybridized carbons (Fsp3) is 0.250. The highest BCUT2D eigenvalue weighted by atomic mass is 32.2. The van der Waals surface area contributed by atoms with E-state index in [2.05, 4.69) is 6.58 Å². The van der Waals surface area contributed by atoms with Crippen LogP contribution in [-0.2, 0) is 15.6 Å². The monoisotopic (exact) mass is 235 g/mol. The van der Waals surface area contributed by atoms with Crippen LogP contribution < -0.4 is 0 Å². The van der Waals surface area contributed by atoms with Crippen molar-refractivity contribution in [3.8, 4) is 6.07 Å². The molecule has 0 N–H and O–H groups in total. The molecule has 1 rings (SSSR count). The quantitative estimate of drug-likeness (QED) is 0.750. The third kappa shape index (κ3) is 3.87. The molecule has 1 aromatic carbocycles. The lowest BCUT2D eigenvalue weighted by Crippen LogP contribution is -2.09. The molecule has 0 aliphatic carbocycles. The molecule has 1 aromatic rings. The van der Waals surface area contributed by atoms with Crippen molar-refractivity contribution in [3.05, 3.63) is 47.5 Å². The minimum absolute atomic E-state index is 0.0101. The molecular formula is C12H13NO2S. The van der Waals surface area contributed by atoms with Gasteiger partial charge in [-0.15, -0.1) is 0 Å². The molecule has 0 bridgehead atoms. The van der Waals surface area contributed by atoms with E-state index in [0.29, 0.717) is 16.7 Å². The van der Waals surface area contributed by atoms with E-state index in [-0.39, 0.29) is 11.5 Å². The molecule has 0 fully saturated rings. The van der Waals surface area contributed by atoms with E-state index in [1.165, 1.54) is 0 Å².